The van der Waals surface area contributed by atoms with E-state index in [4.69, 9.17) is 0 Å². The Morgan fingerprint density at radius 2 is 2.00 bits per heavy atom. The molecule has 2 saturated carbocycles. The van der Waals surface area contributed by atoms with Crippen LogP contribution < -0.4 is 5.32 Å². The van der Waals surface area contributed by atoms with E-state index in [0.29, 0.717) is 6.04 Å². The average Bonchev–Trinajstić information content (AvgIpc) is 3.08. The molecular formula is C17H25NS. The van der Waals surface area contributed by atoms with Crippen molar-refractivity contribution >= 4 is 11.8 Å². The maximum atomic E-state index is 3.76. The molecule has 0 radical (unpaired) electrons. The van der Waals surface area contributed by atoms with Crippen molar-refractivity contribution in [1.29, 1.82) is 0 Å². The van der Waals surface area contributed by atoms with Gasteiger partial charge in [0.2, 0.25) is 0 Å². The zero-order valence-corrected chi connectivity index (χ0v) is 12.9. The van der Waals surface area contributed by atoms with Gasteiger partial charge in [0.1, 0.15) is 0 Å². The SMILES string of the molecule is CSc1ccc(CN[C@@H](C)[C@@H]2C[C@@H]3CC[C@@H]2C3)cc1. The summed E-state index contributed by atoms with van der Waals surface area (Å²) in [5.74, 6) is 3.01. The van der Waals surface area contributed by atoms with Crippen LogP contribution in [0.3, 0.4) is 0 Å². The van der Waals surface area contributed by atoms with Crippen LogP contribution in [0.25, 0.3) is 0 Å². The van der Waals surface area contributed by atoms with Crippen LogP contribution in [0.1, 0.15) is 38.2 Å². The van der Waals surface area contributed by atoms with E-state index >= 15 is 0 Å². The number of fused-ring (bicyclic) bond motifs is 2. The van der Waals surface area contributed by atoms with E-state index in [-0.39, 0.29) is 0 Å². The molecular weight excluding hydrogens is 250 g/mol. The highest BCUT2D eigenvalue weighted by Gasteiger charge is 2.41. The fraction of sp³-hybridized carbons (Fsp3) is 0.647. The summed E-state index contributed by atoms with van der Waals surface area (Å²) in [7, 11) is 0. The molecule has 0 aliphatic heterocycles. The van der Waals surface area contributed by atoms with Crippen LogP contribution in [-0.2, 0) is 6.54 Å². The molecule has 2 heteroatoms. The molecule has 1 N–H and O–H groups in total. The van der Waals surface area contributed by atoms with E-state index in [0.717, 1.165) is 24.3 Å². The summed E-state index contributed by atoms with van der Waals surface area (Å²) in [6.45, 7) is 3.41. The first-order valence-corrected chi connectivity index (χ1v) is 8.85. The van der Waals surface area contributed by atoms with Crippen LogP contribution in [0.15, 0.2) is 29.2 Å². The molecule has 0 spiro atoms. The molecule has 2 fully saturated rings. The summed E-state index contributed by atoms with van der Waals surface area (Å²) < 4.78 is 0. The lowest BCUT2D eigenvalue weighted by Gasteiger charge is -2.28. The topological polar surface area (TPSA) is 12.0 Å². The third-order valence-corrected chi connectivity index (χ3v) is 5.97. The van der Waals surface area contributed by atoms with Gasteiger partial charge in [0.05, 0.1) is 0 Å². The van der Waals surface area contributed by atoms with E-state index < -0.39 is 0 Å². The van der Waals surface area contributed by atoms with Crippen LogP contribution >= 0.6 is 11.8 Å². The Morgan fingerprint density at radius 3 is 2.58 bits per heavy atom. The van der Waals surface area contributed by atoms with E-state index in [1.165, 1.54) is 36.1 Å². The monoisotopic (exact) mass is 275 g/mol. The molecule has 0 unspecified atom stereocenters. The van der Waals surface area contributed by atoms with Crippen molar-refractivity contribution in [3.8, 4) is 0 Å². The third kappa shape index (κ3) is 3.00. The number of hydrogen-bond acceptors (Lipinski definition) is 2. The second kappa shape index (κ2) is 5.88. The maximum Gasteiger partial charge on any atom is 0.0208 e. The Morgan fingerprint density at radius 1 is 1.21 bits per heavy atom. The lowest BCUT2D eigenvalue weighted by Crippen LogP contribution is -2.35. The second-order valence-electron chi connectivity index (χ2n) is 6.36. The van der Waals surface area contributed by atoms with Crippen molar-refractivity contribution in [2.24, 2.45) is 17.8 Å². The number of benzene rings is 1. The fourth-order valence-electron chi connectivity index (χ4n) is 4.08. The van der Waals surface area contributed by atoms with Crippen LogP contribution in [0.4, 0.5) is 0 Å². The minimum absolute atomic E-state index is 0.676. The van der Waals surface area contributed by atoms with Gasteiger partial charge in [0.25, 0.3) is 0 Å². The number of thioether (sulfide) groups is 1. The van der Waals surface area contributed by atoms with Crippen molar-refractivity contribution in [1.82, 2.24) is 5.32 Å². The summed E-state index contributed by atoms with van der Waals surface area (Å²) in [4.78, 5) is 1.35. The van der Waals surface area contributed by atoms with Crippen molar-refractivity contribution in [2.75, 3.05) is 6.26 Å². The average molecular weight is 275 g/mol. The van der Waals surface area contributed by atoms with Gasteiger partial charge in [0, 0.05) is 17.5 Å². The largest absolute Gasteiger partial charge is 0.310 e. The van der Waals surface area contributed by atoms with Gasteiger partial charge in [-0.2, -0.15) is 0 Å². The molecule has 2 aliphatic rings. The molecule has 0 heterocycles. The lowest BCUT2D eigenvalue weighted by atomic mass is 9.84. The molecule has 104 valence electrons. The zero-order chi connectivity index (χ0) is 13.2. The third-order valence-electron chi connectivity index (χ3n) is 5.22. The molecule has 1 nitrogen and oxygen atoms in total. The van der Waals surface area contributed by atoms with Gasteiger partial charge in [-0.3, -0.25) is 0 Å². The summed E-state index contributed by atoms with van der Waals surface area (Å²) in [5, 5.41) is 3.76. The summed E-state index contributed by atoms with van der Waals surface area (Å²) in [5.41, 5.74) is 1.41. The Labute approximate surface area is 121 Å². The van der Waals surface area contributed by atoms with Crippen molar-refractivity contribution < 1.29 is 0 Å². The Hall–Kier alpha value is -0.470. The van der Waals surface area contributed by atoms with E-state index in [1.54, 1.807) is 0 Å². The molecule has 0 amide bonds. The molecule has 0 saturated heterocycles. The van der Waals surface area contributed by atoms with Gasteiger partial charge >= 0.3 is 0 Å². The van der Waals surface area contributed by atoms with Crippen LogP contribution in [0, 0.1) is 17.8 Å². The molecule has 1 aromatic rings. The zero-order valence-electron chi connectivity index (χ0n) is 12.1. The highest BCUT2D eigenvalue weighted by Crippen LogP contribution is 2.49. The molecule has 0 aromatic heterocycles. The quantitative estimate of drug-likeness (QED) is 0.803. The van der Waals surface area contributed by atoms with E-state index in [9.17, 15) is 0 Å². The highest BCUT2D eigenvalue weighted by molar-refractivity contribution is 7.98. The molecule has 19 heavy (non-hydrogen) atoms. The number of hydrogen-bond donors (Lipinski definition) is 1. The molecule has 4 atom stereocenters. The van der Waals surface area contributed by atoms with Gasteiger partial charge in [-0.05, 0) is 67.9 Å². The van der Waals surface area contributed by atoms with Crippen molar-refractivity contribution in [2.45, 2.75) is 50.1 Å². The predicted octanol–water partition coefficient (Wildman–Crippen LogP) is 4.32. The lowest BCUT2D eigenvalue weighted by molar-refractivity contribution is 0.259. The predicted molar refractivity (Wildman–Crippen MR) is 83.5 cm³/mol. The first-order chi connectivity index (χ1) is 9.26. The number of nitrogens with one attached hydrogen (secondary N) is 1. The van der Waals surface area contributed by atoms with E-state index in [1.807, 2.05) is 11.8 Å². The minimum atomic E-state index is 0.676. The summed E-state index contributed by atoms with van der Waals surface area (Å²) in [6, 6.07) is 9.64. The Bertz CT molecular complexity index is 414. The molecule has 2 aliphatic carbocycles. The summed E-state index contributed by atoms with van der Waals surface area (Å²) >= 11 is 1.81. The maximum absolute atomic E-state index is 3.76. The number of rotatable bonds is 5. The Kier molecular flexibility index (Phi) is 4.18. The highest BCUT2D eigenvalue weighted by atomic mass is 32.2. The van der Waals surface area contributed by atoms with Gasteiger partial charge < -0.3 is 5.32 Å². The standard InChI is InChI=1S/C17H25NS/c1-12(17-10-14-3-6-15(17)9-14)18-11-13-4-7-16(19-2)8-5-13/h4-5,7-8,12,14-15,17-18H,3,6,9-11H2,1-2H3/t12-,14+,15+,17-/m0/s1. The van der Waals surface area contributed by atoms with Crippen LogP contribution in [0.5, 0.6) is 0 Å². The minimum Gasteiger partial charge on any atom is -0.310 e. The fourth-order valence-corrected chi connectivity index (χ4v) is 4.49. The van der Waals surface area contributed by atoms with Crippen molar-refractivity contribution in [3.05, 3.63) is 29.8 Å². The van der Waals surface area contributed by atoms with Gasteiger partial charge in [-0.1, -0.05) is 18.6 Å². The first-order valence-electron chi connectivity index (χ1n) is 7.62. The van der Waals surface area contributed by atoms with Gasteiger partial charge in [-0.25, -0.2) is 0 Å². The van der Waals surface area contributed by atoms with Gasteiger partial charge in [0.15, 0.2) is 0 Å². The normalized spacial score (nSPS) is 30.7. The van der Waals surface area contributed by atoms with Crippen molar-refractivity contribution in [3.63, 3.8) is 0 Å². The van der Waals surface area contributed by atoms with Crippen LogP contribution in [-0.4, -0.2) is 12.3 Å². The molecule has 1 aromatic carbocycles. The molecule has 2 bridgehead atoms. The Balaban J connectivity index is 1.51. The smallest absolute Gasteiger partial charge is 0.0208 e. The second-order valence-corrected chi connectivity index (χ2v) is 7.24. The summed E-state index contributed by atoms with van der Waals surface area (Å²) in [6.07, 6.45) is 8.11. The van der Waals surface area contributed by atoms with Gasteiger partial charge in [-0.15, -0.1) is 11.8 Å². The van der Waals surface area contributed by atoms with E-state index in [2.05, 4.69) is 42.8 Å². The first kappa shape index (κ1) is 13.5. The molecule has 3 rings (SSSR count). The van der Waals surface area contributed by atoms with Crippen LogP contribution in [0.2, 0.25) is 0 Å².